The van der Waals surface area contributed by atoms with Crippen LogP contribution in [0.25, 0.3) is 0 Å². The Balaban J connectivity index is 2.11. The number of carbonyl (C=O) groups is 2. The molecule has 2 aliphatic carbocycles. The first-order chi connectivity index (χ1) is 10.8. The molecule has 0 amide bonds. The van der Waals surface area contributed by atoms with Gasteiger partial charge in [0.05, 0.1) is 6.42 Å². The standard InChI is InChI=1S/C21H28O2/c1-6-21(5)10-18-12(2)13(3)20(14(4)19(18)11-21)15-7-16(22)9-17(23)8-15/h15H,6-11H2,1-5H3. The van der Waals surface area contributed by atoms with E-state index in [-0.39, 0.29) is 23.9 Å². The zero-order chi connectivity index (χ0) is 16.9. The van der Waals surface area contributed by atoms with Gasteiger partial charge in [-0.3, -0.25) is 9.59 Å². The number of fused-ring (bicyclic) bond motifs is 1. The van der Waals surface area contributed by atoms with Crippen LogP contribution < -0.4 is 0 Å². The third-order valence-electron chi connectivity index (χ3n) is 6.45. The lowest BCUT2D eigenvalue weighted by Gasteiger charge is -2.27. The summed E-state index contributed by atoms with van der Waals surface area (Å²) in [6, 6.07) is 0. The Kier molecular flexibility index (Phi) is 3.98. The third kappa shape index (κ3) is 2.66. The van der Waals surface area contributed by atoms with Crippen LogP contribution in [0.2, 0.25) is 0 Å². The number of ketones is 2. The van der Waals surface area contributed by atoms with Crippen molar-refractivity contribution in [3.05, 3.63) is 33.4 Å². The van der Waals surface area contributed by atoms with Gasteiger partial charge >= 0.3 is 0 Å². The second-order valence-corrected chi connectivity index (χ2v) is 8.12. The number of rotatable bonds is 2. The lowest BCUT2D eigenvalue weighted by atomic mass is 9.76. The van der Waals surface area contributed by atoms with E-state index in [1.54, 1.807) is 0 Å². The van der Waals surface area contributed by atoms with Gasteiger partial charge < -0.3 is 0 Å². The van der Waals surface area contributed by atoms with Crippen molar-refractivity contribution >= 4 is 11.6 Å². The molecular formula is C21H28O2. The van der Waals surface area contributed by atoms with Gasteiger partial charge in [-0.1, -0.05) is 20.3 Å². The van der Waals surface area contributed by atoms with Crippen molar-refractivity contribution < 1.29 is 9.59 Å². The Morgan fingerprint density at radius 2 is 1.43 bits per heavy atom. The zero-order valence-electron chi connectivity index (χ0n) is 15.1. The lowest BCUT2D eigenvalue weighted by molar-refractivity contribution is -0.130. The second-order valence-electron chi connectivity index (χ2n) is 8.12. The van der Waals surface area contributed by atoms with Gasteiger partial charge in [-0.15, -0.1) is 0 Å². The van der Waals surface area contributed by atoms with Crippen LogP contribution in [0.4, 0.5) is 0 Å². The fraction of sp³-hybridized carbons (Fsp3) is 0.619. The zero-order valence-corrected chi connectivity index (χ0v) is 15.1. The van der Waals surface area contributed by atoms with Crippen molar-refractivity contribution in [3.63, 3.8) is 0 Å². The summed E-state index contributed by atoms with van der Waals surface area (Å²) in [5.74, 6) is 0.324. The fourth-order valence-electron chi connectivity index (χ4n) is 4.77. The molecule has 0 aromatic heterocycles. The van der Waals surface area contributed by atoms with Crippen LogP contribution in [0.5, 0.6) is 0 Å². The van der Waals surface area contributed by atoms with Crippen molar-refractivity contribution in [1.82, 2.24) is 0 Å². The van der Waals surface area contributed by atoms with Crippen LogP contribution in [0.15, 0.2) is 0 Å². The Morgan fingerprint density at radius 3 is 1.96 bits per heavy atom. The van der Waals surface area contributed by atoms with Gasteiger partial charge in [0, 0.05) is 12.8 Å². The van der Waals surface area contributed by atoms with Crippen molar-refractivity contribution in [3.8, 4) is 0 Å². The Morgan fingerprint density at radius 1 is 0.913 bits per heavy atom. The van der Waals surface area contributed by atoms with E-state index in [0.29, 0.717) is 18.3 Å². The summed E-state index contributed by atoms with van der Waals surface area (Å²) >= 11 is 0. The molecule has 23 heavy (non-hydrogen) atoms. The Bertz CT molecular complexity index is 683. The molecule has 3 rings (SSSR count). The van der Waals surface area contributed by atoms with Gasteiger partial charge in [0.1, 0.15) is 11.6 Å². The monoisotopic (exact) mass is 312 g/mol. The predicted molar refractivity (Wildman–Crippen MR) is 93.1 cm³/mol. The molecule has 1 unspecified atom stereocenters. The Labute approximate surface area is 139 Å². The normalized spacial score (nSPS) is 25.1. The van der Waals surface area contributed by atoms with Gasteiger partial charge in [0.25, 0.3) is 0 Å². The molecule has 1 aromatic rings. The molecule has 0 spiro atoms. The minimum absolute atomic E-state index is 0.0984. The summed E-state index contributed by atoms with van der Waals surface area (Å²) < 4.78 is 0. The van der Waals surface area contributed by atoms with Crippen molar-refractivity contribution in [2.75, 3.05) is 0 Å². The van der Waals surface area contributed by atoms with E-state index in [1.165, 1.54) is 39.8 Å². The smallest absolute Gasteiger partial charge is 0.140 e. The minimum atomic E-state index is 0.0984. The maximum Gasteiger partial charge on any atom is 0.140 e. The first-order valence-electron chi connectivity index (χ1n) is 8.90. The second kappa shape index (κ2) is 5.58. The summed E-state index contributed by atoms with van der Waals surface area (Å²) in [5, 5.41) is 0. The van der Waals surface area contributed by atoms with Crippen molar-refractivity contribution in [2.24, 2.45) is 5.41 Å². The highest BCUT2D eigenvalue weighted by molar-refractivity contribution is 6.02. The highest BCUT2D eigenvalue weighted by Crippen LogP contribution is 2.46. The van der Waals surface area contributed by atoms with Gasteiger partial charge in [-0.2, -0.15) is 0 Å². The van der Waals surface area contributed by atoms with Crippen molar-refractivity contribution in [2.45, 2.75) is 79.1 Å². The molecule has 2 aliphatic rings. The highest BCUT2D eigenvalue weighted by atomic mass is 16.1. The topological polar surface area (TPSA) is 34.1 Å². The number of Topliss-reactive ketones (excluding diaryl/α,β-unsaturated/α-hetero) is 2. The van der Waals surface area contributed by atoms with Crippen LogP contribution in [0, 0.1) is 26.2 Å². The third-order valence-corrected chi connectivity index (χ3v) is 6.45. The molecular weight excluding hydrogens is 284 g/mol. The molecule has 0 radical (unpaired) electrons. The summed E-state index contributed by atoms with van der Waals surface area (Å²) in [6.45, 7) is 11.3. The van der Waals surface area contributed by atoms with E-state index in [9.17, 15) is 9.59 Å². The molecule has 0 heterocycles. The summed E-state index contributed by atoms with van der Waals surface area (Å²) in [7, 11) is 0. The van der Waals surface area contributed by atoms with Gasteiger partial charge in [0.15, 0.2) is 0 Å². The number of benzene rings is 1. The van der Waals surface area contributed by atoms with Crippen LogP contribution in [0.1, 0.15) is 78.8 Å². The molecule has 0 aliphatic heterocycles. The van der Waals surface area contributed by atoms with Crippen LogP contribution in [-0.2, 0) is 22.4 Å². The van der Waals surface area contributed by atoms with Crippen molar-refractivity contribution in [1.29, 1.82) is 0 Å². The van der Waals surface area contributed by atoms with Gasteiger partial charge in [-0.05, 0) is 78.3 Å². The molecule has 0 bridgehead atoms. The Hall–Kier alpha value is -1.44. The van der Waals surface area contributed by atoms with E-state index < -0.39 is 0 Å². The molecule has 124 valence electrons. The molecule has 1 saturated carbocycles. The molecule has 2 nitrogen and oxygen atoms in total. The van der Waals surface area contributed by atoms with E-state index in [1.807, 2.05) is 0 Å². The fourth-order valence-corrected chi connectivity index (χ4v) is 4.77. The first-order valence-corrected chi connectivity index (χ1v) is 8.90. The minimum Gasteiger partial charge on any atom is -0.299 e. The summed E-state index contributed by atoms with van der Waals surface area (Å²) in [4.78, 5) is 23.9. The van der Waals surface area contributed by atoms with E-state index >= 15 is 0 Å². The summed E-state index contributed by atoms with van der Waals surface area (Å²) in [5.41, 5.74) is 8.74. The molecule has 2 heteroatoms. The predicted octanol–water partition coefficient (Wildman–Crippen LogP) is 4.53. The molecule has 0 saturated heterocycles. The van der Waals surface area contributed by atoms with E-state index in [0.717, 1.165) is 12.8 Å². The highest BCUT2D eigenvalue weighted by Gasteiger charge is 2.37. The number of carbonyl (C=O) groups excluding carboxylic acids is 2. The average molecular weight is 312 g/mol. The maximum absolute atomic E-state index is 11.9. The van der Waals surface area contributed by atoms with Gasteiger partial charge in [0.2, 0.25) is 0 Å². The maximum atomic E-state index is 11.9. The van der Waals surface area contributed by atoms with Crippen LogP contribution in [0.3, 0.4) is 0 Å². The molecule has 1 aromatic carbocycles. The van der Waals surface area contributed by atoms with Crippen LogP contribution >= 0.6 is 0 Å². The largest absolute Gasteiger partial charge is 0.299 e. The van der Waals surface area contributed by atoms with Crippen LogP contribution in [-0.4, -0.2) is 11.6 Å². The molecule has 1 fully saturated rings. The lowest BCUT2D eigenvalue weighted by Crippen LogP contribution is -2.23. The number of hydrogen-bond acceptors (Lipinski definition) is 2. The molecule has 0 N–H and O–H groups in total. The quantitative estimate of drug-likeness (QED) is 0.752. The summed E-state index contributed by atoms with van der Waals surface area (Å²) in [6.07, 6.45) is 4.71. The average Bonchev–Trinajstić information content (AvgIpc) is 2.84. The SMILES string of the molecule is CCC1(C)Cc2c(C)c(C)c(C3CC(=O)CC(=O)C3)c(C)c2C1. The number of hydrogen-bond donors (Lipinski definition) is 0. The van der Waals surface area contributed by atoms with E-state index in [2.05, 4.69) is 34.6 Å². The van der Waals surface area contributed by atoms with E-state index in [4.69, 9.17) is 0 Å². The van der Waals surface area contributed by atoms with Gasteiger partial charge in [-0.25, -0.2) is 0 Å². The molecule has 1 atom stereocenters. The first kappa shape index (κ1) is 16.4.